The number of rotatable bonds is 8. The maximum Gasteiger partial charge on any atom is 0.294 e. The molecule has 0 aliphatic carbocycles. The third-order valence-corrected chi connectivity index (χ3v) is 12.0. The highest BCUT2D eigenvalue weighted by Crippen LogP contribution is 2.31. The molecule has 0 saturated carbocycles. The molecule has 2 aromatic heterocycles. The second-order valence-corrected chi connectivity index (χ2v) is 17.0. The Morgan fingerprint density at radius 3 is 1.58 bits per heavy atom. The van der Waals surface area contributed by atoms with E-state index in [4.69, 9.17) is 23.2 Å². The lowest BCUT2D eigenvalue weighted by Crippen LogP contribution is -2.39. The highest BCUT2D eigenvalue weighted by Gasteiger charge is 2.28. The van der Waals surface area contributed by atoms with Gasteiger partial charge < -0.3 is 30.0 Å². The summed E-state index contributed by atoms with van der Waals surface area (Å²) in [7, 11) is 6.78. The molecular formula is C48H52Cl2F2N6O4. The summed E-state index contributed by atoms with van der Waals surface area (Å²) in [5.41, 5.74) is 4.85. The number of aromatic nitrogens is 2. The molecule has 3 amide bonds. The molecule has 0 radical (unpaired) electrons. The minimum atomic E-state index is -0.645. The number of halogens is 4. The zero-order chi connectivity index (χ0) is 44.5. The number of piperidine rings is 2. The van der Waals surface area contributed by atoms with E-state index >= 15 is 0 Å². The summed E-state index contributed by atoms with van der Waals surface area (Å²) in [4.78, 5) is 61.8. The fourth-order valence-corrected chi connectivity index (χ4v) is 8.47. The van der Waals surface area contributed by atoms with Crippen molar-refractivity contribution in [2.24, 2.45) is 11.8 Å². The van der Waals surface area contributed by atoms with Gasteiger partial charge >= 0.3 is 0 Å². The third kappa shape index (κ3) is 11.3. The number of likely N-dealkylation sites (tertiary alicyclic amines) is 2. The molecule has 14 heteroatoms. The molecule has 62 heavy (non-hydrogen) atoms. The van der Waals surface area contributed by atoms with E-state index in [2.05, 4.69) is 15.3 Å². The van der Waals surface area contributed by atoms with Crippen molar-refractivity contribution in [2.75, 3.05) is 54.4 Å². The molecule has 4 aromatic carbocycles. The van der Waals surface area contributed by atoms with Crippen LogP contribution in [0.3, 0.4) is 0 Å². The van der Waals surface area contributed by atoms with Crippen molar-refractivity contribution in [1.82, 2.24) is 30.0 Å². The Bertz CT molecular complexity index is 2510. The number of hydrogen-bond donors (Lipinski definition) is 3. The minimum Gasteiger partial charge on any atom is -0.361 e. The summed E-state index contributed by atoms with van der Waals surface area (Å²) < 4.78 is 26.1. The van der Waals surface area contributed by atoms with Gasteiger partial charge in [-0.15, -0.1) is 0 Å². The van der Waals surface area contributed by atoms with Crippen LogP contribution in [0.25, 0.3) is 21.8 Å². The van der Waals surface area contributed by atoms with Gasteiger partial charge in [0.2, 0.25) is 0 Å². The van der Waals surface area contributed by atoms with Gasteiger partial charge in [-0.3, -0.25) is 19.2 Å². The molecule has 0 atom stereocenters. The lowest BCUT2D eigenvalue weighted by atomic mass is 9.90. The van der Waals surface area contributed by atoms with Crippen LogP contribution in [0.4, 0.5) is 8.78 Å². The molecule has 8 rings (SSSR count). The Kier molecular flexibility index (Phi) is 15.6. The SMILES string of the molecule is CN(C)C(=O)C(=O)c1c[nH]c2cc(Cl)c(C(=O)N3CCC(Cc4ccc(F)cc4)CC3)cc12.CNC.O=C(c1cc2cc[nH]c2cc1Cl)N1CCC(Cc2ccc(F)cc2)CC1. The number of carbonyl (C=O) groups excluding carboxylic acids is 4. The smallest absolute Gasteiger partial charge is 0.294 e. The summed E-state index contributed by atoms with van der Waals surface area (Å²) in [6, 6.07) is 22.1. The molecule has 0 spiro atoms. The van der Waals surface area contributed by atoms with Gasteiger partial charge in [-0.25, -0.2) is 8.78 Å². The first-order valence-electron chi connectivity index (χ1n) is 20.7. The number of H-pyrrole nitrogens is 2. The molecule has 10 nitrogen and oxygen atoms in total. The molecule has 0 bridgehead atoms. The molecule has 4 heterocycles. The molecule has 326 valence electrons. The lowest BCUT2D eigenvalue weighted by Gasteiger charge is -2.32. The van der Waals surface area contributed by atoms with Gasteiger partial charge in [-0.05, 0) is 130 Å². The van der Waals surface area contributed by atoms with E-state index in [0.717, 1.165) is 73.6 Å². The van der Waals surface area contributed by atoms with Gasteiger partial charge in [0.15, 0.2) is 0 Å². The number of fused-ring (bicyclic) bond motifs is 2. The predicted octanol–water partition coefficient (Wildman–Crippen LogP) is 9.22. The van der Waals surface area contributed by atoms with Crippen LogP contribution in [0.1, 0.15) is 67.9 Å². The van der Waals surface area contributed by atoms with E-state index in [1.165, 1.54) is 49.5 Å². The van der Waals surface area contributed by atoms with Crippen LogP contribution in [-0.4, -0.2) is 103 Å². The molecule has 2 aliphatic heterocycles. The van der Waals surface area contributed by atoms with Crippen LogP contribution < -0.4 is 5.32 Å². The van der Waals surface area contributed by atoms with Gasteiger partial charge in [-0.2, -0.15) is 0 Å². The van der Waals surface area contributed by atoms with E-state index in [0.29, 0.717) is 57.0 Å². The number of benzene rings is 4. The van der Waals surface area contributed by atoms with Crippen molar-refractivity contribution in [3.8, 4) is 0 Å². The number of Topliss-reactive ketones (excluding diaryl/α,β-unsaturated/α-hetero) is 1. The fraction of sp³-hybridized carbons (Fsp3) is 0.333. The first-order chi connectivity index (χ1) is 29.8. The second-order valence-electron chi connectivity index (χ2n) is 16.1. The number of nitrogens with zero attached hydrogens (tertiary/aromatic N) is 3. The number of amides is 3. The van der Waals surface area contributed by atoms with Gasteiger partial charge in [0.25, 0.3) is 23.5 Å². The highest BCUT2D eigenvalue weighted by atomic mass is 35.5. The fourth-order valence-electron chi connectivity index (χ4n) is 7.98. The first-order valence-corrected chi connectivity index (χ1v) is 21.5. The van der Waals surface area contributed by atoms with Crippen molar-refractivity contribution < 1.29 is 28.0 Å². The van der Waals surface area contributed by atoms with E-state index < -0.39 is 11.7 Å². The summed E-state index contributed by atoms with van der Waals surface area (Å²) in [5, 5.41) is 5.01. The maximum absolute atomic E-state index is 13.2. The van der Waals surface area contributed by atoms with Crippen LogP contribution in [0, 0.1) is 23.5 Å². The standard InChI is InChI=1S/C25H25ClFN3O3.C21H20ClFN2O.C2H7N/c1-29(2)25(33)23(31)20-14-28-22-13-21(26)19(12-18(20)22)24(32)30-9-7-16(8-10-30)11-15-3-5-17(27)6-4-15;22-19-13-20-16(5-8-24-20)12-18(19)21(26)25-9-6-15(7-10-25)11-14-1-3-17(23)4-2-14;1-3-2/h3-6,12-14,16,28H,7-11H2,1-2H3;1-5,8,12-13,15,24H,6-7,9-11H2;3H,1-2H3. The molecule has 2 fully saturated rings. The number of ketones is 1. The Morgan fingerprint density at radius 2 is 1.11 bits per heavy atom. The lowest BCUT2D eigenvalue weighted by molar-refractivity contribution is -0.124. The molecule has 0 unspecified atom stereocenters. The van der Waals surface area contributed by atoms with Crippen molar-refractivity contribution in [2.45, 2.75) is 38.5 Å². The monoisotopic (exact) mass is 884 g/mol. The summed E-state index contributed by atoms with van der Waals surface area (Å²) >= 11 is 12.7. The number of likely N-dealkylation sites (N-methyl/N-ethyl adjacent to an activating group) is 1. The van der Waals surface area contributed by atoms with Crippen LogP contribution in [-0.2, 0) is 17.6 Å². The summed E-state index contributed by atoms with van der Waals surface area (Å²) in [5.74, 6) is -0.984. The largest absolute Gasteiger partial charge is 0.361 e. The van der Waals surface area contributed by atoms with E-state index in [9.17, 15) is 28.0 Å². The molecular weight excluding hydrogens is 833 g/mol. The molecule has 6 aromatic rings. The quantitative estimate of drug-likeness (QED) is 0.104. The van der Waals surface area contributed by atoms with Crippen LogP contribution in [0.5, 0.6) is 0 Å². The number of carbonyl (C=O) groups is 4. The topological polar surface area (TPSA) is 122 Å². The van der Waals surface area contributed by atoms with E-state index in [1.807, 2.05) is 55.5 Å². The molecule has 2 saturated heterocycles. The van der Waals surface area contributed by atoms with Crippen molar-refractivity contribution in [1.29, 1.82) is 0 Å². The third-order valence-electron chi connectivity index (χ3n) is 11.4. The minimum absolute atomic E-state index is 0.00154. The first kappa shape index (κ1) is 46.0. The summed E-state index contributed by atoms with van der Waals surface area (Å²) in [6.45, 7) is 2.65. The Balaban J connectivity index is 0.000000199. The molecule has 2 aliphatic rings. The number of aromatic amines is 2. The van der Waals surface area contributed by atoms with Crippen molar-refractivity contribution in [3.63, 3.8) is 0 Å². The highest BCUT2D eigenvalue weighted by molar-refractivity contribution is 6.45. The number of nitrogens with one attached hydrogen (secondary N) is 3. The average molecular weight is 886 g/mol. The Morgan fingerprint density at radius 1 is 0.661 bits per heavy atom. The van der Waals surface area contributed by atoms with Crippen molar-refractivity contribution >= 4 is 68.5 Å². The van der Waals surface area contributed by atoms with E-state index in [-0.39, 0.29) is 29.0 Å². The zero-order valence-electron chi connectivity index (χ0n) is 35.4. The molecule has 3 N–H and O–H groups in total. The maximum atomic E-state index is 13.2. The predicted molar refractivity (Wildman–Crippen MR) is 242 cm³/mol. The van der Waals surface area contributed by atoms with Crippen LogP contribution >= 0.6 is 23.2 Å². The van der Waals surface area contributed by atoms with Crippen LogP contribution in [0.2, 0.25) is 10.0 Å². The van der Waals surface area contributed by atoms with Gasteiger partial charge in [-0.1, -0.05) is 47.5 Å². The van der Waals surface area contributed by atoms with Gasteiger partial charge in [0, 0.05) is 74.5 Å². The van der Waals surface area contributed by atoms with Crippen LogP contribution in [0.15, 0.2) is 91.3 Å². The Labute approximate surface area is 370 Å². The average Bonchev–Trinajstić information content (AvgIpc) is 3.91. The zero-order valence-corrected chi connectivity index (χ0v) is 36.9. The second kappa shape index (κ2) is 21.0. The van der Waals surface area contributed by atoms with Gasteiger partial charge in [0.1, 0.15) is 11.6 Å². The van der Waals surface area contributed by atoms with E-state index in [1.54, 1.807) is 29.2 Å². The normalized spacial score (nSPS) is 14.5. The number of hydrogen-bond acceptors (Lipinski definition) is 5. The van der Waals surface area contributed by atoms with Gasteiger partial charge in [0.05, 0.1) is 26.7 Å². The van der Waals surface area contributed by atoms with Crippen molar-refractivity contribution in [3.05, 3.63) is 141 Å². The summed E-state index contributed by atoms with van der Waals surface area (Å²) in [6.07, 6.45) is 8.68. The Hall–Kier alpha value is -5.56.